The van der Waals surface area contributed by atoms with E-state index in [0.717, 1.165) is 39.3 Å². The maximum absolute atomic E-state index is 6.12. The average molecular weight is 505 g/mol. The van der Waals surface area contributed by atoms with Crippen molar-refractivity contribution < 1.29 is 0 Å². The van der Waals surface area contributed by atoms with Gasteiger partial charge in [0.2, 0.25) is 0 Å². The number of pyridine rings is 3. The molecular formula is C30H28N6S. The average Bonchev–Trinajstić information content (AvgIpc) is 3.56. The van der Waals surface area contributed by atoms with Gasteiger partial charge in [0.1, 0.15) is 16.5 Å². The number of nitrogen functional groups attached to an aromatic ring is 1. The summed E-state index contributed by atoms with van der Waals surface area (Å²) < 4.78 is 2.30. The van der Waals surface area contributed by atoms with Gasteiger partial charge in [0.15, 0.2) is 0 Å². The summed E-state index contributed by atoms with van der Waals surface area (Å²) in [6.07, 6.45) is 10.6. The van der Waals surface area contributed by atoms with E-state index in [1.807, 2.05) is 12.3 Å². The second-order valence-corrected chi connectivity index (χ2v) is 11.3. The van der Waals surface area contributed by atoms with Crippen LogP contribution in [0.1, 0.15) is 45.9 Å². The van der Waals surface area contributed by atoms with Crippen LogP contribution in [-0.2, 0) is 13.1 Å². The van der Waals surface area contributed by atoms with Gasteiger partial charge in [-0.05, 0) is 90.6 Å². The zero-order valence-corrected chi connectivity index (χ0v) is 21.8. The molecule has 3 N–H and O–H groups in total. The summed E-state index contributed by atoms with van der Waals surface area (Å²) in [6, 6.07) is 13.1. The van der Waals surface area contributed by atoms with E-state index in [9.17, 15) is 0 Å². The molecule has 1 fully saturated rings. The summed E-state index contributed by atoms with van der Waals surface area (Å²) in [5.41, 5.74) is 12.4. The van der Waals surface area contributed by atoms with Crippen molar-refractivity contribution in [3.63, 3.8) is 0 Å². The molecule has 0 atom stereocenters. The first kappa shape index (κ1) is 22.2. The summed E-state index contributed by atoms with van der Waals surface area (Å²) in [5, 5.41) is 8.13. The number of hydrogen-bond donors (Lipinski definition) is 2. The van der Waals surface area contributed by atoms with Crippen LogP contribution in [0.3, 0.4) is 0 Å². The van der Waals surface area contributed by atoms with Crippen molar-refractivity contribution in [3.05, 3.63) is 88.3 Å². The predicted molar refractivity (Wildman–Crippen MR) is 153 cm³/mol. The molecule has 184 valence electrons. The highest BCUT2D eigenvalue weighted by Gasteiger charge is 2.24. The highest BCUT2D eigenvalue weighted by Crippen LogP contribution is 2.41. The zero-order chi connectivity index (χ0) is 25.1. The molecule has 6 nitrogen and oxygen atoms in total. The van der Waals surface area contributed by atoms with Gasteiger partial charge in [-0.2, -0.15) is 0 Å². The molecule has 0 aliphatic heterocycles. The largest absolute Gasteiger partial charge is 0.383 e. The number of nitrogens with two attached hydrogens (primary N) is 1. The lowest BCUT2D eigenvalue weighted by molar-refractivity contribution is 0.851. The lowest BCUT2D eigenvalue weighted by Gasteiger charge is -2.15. The second kappa shape index (κ2) is 8.56. The van der Waals surface area contributed by atoms with Gasteiger partial charge >= 0.3 is 0 Å². The van der Waals surface area contributed by atoms with E-state index in [-0.39, 0.29) is 0 Å². The first-order valence-electron chi connectivity index (χ1n) is 12.7. The third kappa shape index (κ3) is 4.00. The number of rotatable bonds is 6. The Hall–Kier alpha value is -3.97. The maximum atomic E-state index is 6.12. The highest BCUT2D eigenvalue weighted by atomic mass is 32.1. The second-order valence-electron chi connectivity index (χ2n) is 10.2. The van der Waals surface area contributed by atoms with Crippen molar-refractivity contribution in [3.8, 4) is 0 Å². The van der Waals surface area contributed by atoms with E-state index < -0.39 is 0 Å². The molecule has 1 saturated carbocycles. The standard InChI is InChI=1S/C30H28N6S/c1-17-9-25-24(5-7-32-29(25)31)18(2)26(17)15-34-28-12-27-20(13-33-28)6-8-36(27)16-23-11-21-10-22(19-3-4-19)14-35-30(21)37-23/h5-14,19H,3-4,15-16H2,1-2H3,(H2,31,32)(H,33,34). The molecule has 1 aromatic carbocycles. The quantitative estimate of drug-likeness (QED) is 0.257. The molecular weight excluding hydrogens is 476 g/mol. The van der Waals surface area contributed by atoms with Gasteiger partial charge in [-0.15, -0.1) is 11.3 Å². The van der Waals surface area contributed by atoms with Crippen LogP contribution in [0.4, 0.5) is 11.6 Å². The van der Waals surface area contributed by atoms with Crippen molar-refractivity contribution in [1.29, 1.82) is 0 Å². The van der Waals surface area contributed by atoms with E-state index in [0.29, 0.717) is 12.4 Å². The highest BCUT2D eigenvalue weighted by molar-refractivity contribution is 7.18. The third-order valence-corrected chi connectivity index (χ3v) is 8.68. The Morgan fingerprint density at radius 1 is 1.00 bits per heavy atom. The number of thiophene rings is 1. The SMILES string of the molecule is Cc1cc2c(N)nccc2c(C)c1CNc1cc2c(ccn2Cc2cc3cc(C4CC4)cnc3s2)cn1. The molecule has 0 saturated heterocycles. The Kier molecular flexibility index (Phi) is 5.15. The van der Waals surface area contributed by atoms with Crippen LogP contribution >= 0.6 is 11.3 Å². The summed E-state index contributed by atoms with van der Waals surface area (Å²) in [5.74, 6) is 2.17. The van der Waals surface area contributed by atoms with Crippen molar-refractivity contribution in [2.75, 3.05) is 11.1 Å². The third-order valence-electron chi connectivity index (χ3n) is 7.64. The predicted octanol–water partition coefficient (Wildman–Crippen LogP) is 6.93. The molecule has 6 aromatic rings. The minimum atomic E-state index is 0.578. The van der Waals surface area contributed by atoms with Gasteiger partial charge < -0.3 is 15.6 Å². The lowest BCUT2D eigenvalue weighted by Crippen LogP contribution is -2.06. The molecule has 1 aliphatic rings. The van der Waals surface area contributed by atoms with Gasteiger partial charge in [0.05, 0.1) is 12.1 Å². The molecule has 0 spiro atoms. The number of aryl methyl sites for hydroxylation is 2. The Balaban J connectivity index is 1.15. The van der Waals surface area contributed by atoms with Crippen molar-refractivity contribution in [2.45, 2.75) is 45.7 Å². The maximum Gasteiger partial charge on any atom is 0.131 e. The van der Waals surface area contributed by atoms with Crippen LogP contribution in [0.5, 0.6) is 0 Å². The number of benzene rings is 1. The van der Waals surface area contributed by atoms with Crippen molar-refractivity contribution in [1.82, 2.24) is 19.5 Å². The number of nitrogens with zero attached hydrogens (tertiary/aromatic N) is 4. The number of hydrogen-bond acceptors (Lipinski definition) is 6. The topological polar surface area (TPSA) is 81.6 Å². The van der Waals surface area contributed by atoms with Crippen LogP contribution in [0.25, 0.3) is 31.9 Å². The molecule has 7 heteroatoms. The minimum Gasteiger partial charge on any atom is -0.383 e. The van der Waals surface area contributed by atoms with E-state index in [1.54, 1.807) is 17.5 Å². The summed E-state index contributed by atoms with van der Waals surface area (Å²) in [4.78, 5) is 16.1. The molecule has 0 bridgehead atoms. The van der Waals surface area contributed by atoms with Gasteiger partial charge in [0.25, 0.3) is 0 Å². The zero-order valence-electron chi connectivity index (χ0n) is 21.0. The number of nitrogens with one attached hydrogen (secondary N) is 1. The van der Waals surface area contributed by atoms with Gasteiger partial charge in [-0.1, -0.05) is 0 Å². The molecule has 0 amide bonds. The Labute approximate surface area is 219 Å². The summed E-state index contributed by atoms with van der Waals surface area (Å²) in [7, 11) is 0. The number of fused-ring (bicyclic) bond motifs is 3. The molecule has 5 aromatic heterocycles. The van der Waals surface area contributed by atoms with Gasteiger partial charge in [-0.25, -0.2) is 15.0 Å². The fraction of sp³-hybridized carbons (Fsp3) is 0.233. The van der Waals surface area contributed by atoms with Crippen LogP contribution in [0.2, 0.25) is 0 Å². The lowest BCUT2D eigenvalue weighted by atomic mass is 9.96. The van der Waals surface area contributed by atoms with Crippen molar-refractivity contribution in [2.24, 2.45) is 0 Å². The first-order chi connectivity index (χ1) is 18.0. The Bertz CT molecular complexity index is 1810. The van der Waals surface area contributed by atoms with E-state index >= 15 is 0 Å². The Morgan fingerprint density at radius 3 is 2.76 bits per heavy atom. The van der Waals surface area contributed by atoms with E-state index in [1.165, 1.54) is 50.9 Å². The molecule has 1 aliphatic carbocycles. The van der Waals surface area contributed by atoms with Crippen molar-refractivity contribution >= 4 is 54.9 Å². The fourth-order valence-electron chi connectivity index (χ4n) is 5.39. The minimum absolute atomic E-state index is 0.578. The smallest absolute Gasteiger partial charge is 0.131 e. The number of aromatic nitrogens is 4. The van der Waals surface area contributed by atoms with Crippen LogP contribution < -0.4 is 11.1 Å². The van der Waals surface area contributed by atoms with E-state index in [4.69, 9.17) is 10.7 Å². The molecule has 0 radical (unpaired) electrons. The molecule has 37 heavy (non-hydrogen) atoms. The molecule has 5 heterocycles. The first-order valence-corrected chi connectivity index (χ1v) is 13.6. The Morgan fingerprint density at radius 2 is 1.89 bits per heavy atom. The van der Waals surface area contributed by atoms with Gasteiger partial charge in [-0.3, -0.25) is 0 Å². The summed E-state index contributed by atoms with van der Waals surface area (Å²) in [6.45, 7) is 5.80. The monoisotopic (exact) mass is 504 g/mol. The van der Waals surface area contributed by atoms with Gasteiger partial charge in [0, 0.05) is 58.4 Å². The summed E-state index contributed by atoms with van der Waals surface area (Å²) >= 11 is 1.79. The van der Waals surface area contributed by atoms with Crippen LogP contribution in [-0.4, -0.2) is 19.5 Å². The molecule has 0 unspecified atom stereocenters. The number of anilines is 2. The molecule has 7 rings (SSSR count). The van der Waals surface area contributed by atoms with Crippen LogP contribution in [0, 0.1) is 13.8 Å². The normalized spacial score (nSPS) is 13.7. The van der Waals surface area contributed by atoms with Crippen LogP contribution in [0.15, 0.2) is 61.2 Å². The van der Waals surface area contributed by atoms with E-state index in [2.05, 4.69) is 76.4 Å². The fourth-order valence-corrected chi connectivity index (χ4v) is 6.37.